The summed E-state index contributed by atoms with van der Waals surface area (Å²) >= 11 is 0. The molecule has 5 nitrogen and oxygen atoms in total. The van der Waals surface area contributed by atoms with E-state index in [2.05, 4.69) is 33.2 Å². The van der Waals surface area contributed by atoms with E-state index in [-0.39, 0.29) is 0 Å². The van der Waals surface area contributed by atoms with Crippen LogP contribution in [0.4, 0.5) is 5.82 Å². The molecule has 1 fully saturated rings. The Morgan fingerprint density at radius 2 is 2.06 bits per heavy atom. The first kappa shape index (κ1) is 11.2. The van der Waals surface area contributed by atoms with Crippen molar-refractivity contribution in [3.63, 3.8) is 0 Å². The maximum absolute atomic E-state index is 4.44. The first-order chi connectivity index (χ1) is 8.83. The van der Waals surface area contributed by atoms with Crippen molar-refractivity contribution in [2.24, 2.45) is 0 Å². The van der Waals surface area contributed by atoms with Crippen molar-refractivity contribution in [3.05, 3.63) is 36.3 Å². The molecule has 0 unspecified atom stereocenters. The van der Waals surface area contributed by atoms with Gasteiger partial charge in [0.1, 0.15) is 5.82 Å². The average Bonchev–Trinajstić information content (AvgIpc) is 2.93. The third-order valence-corrected chi connectivity index (χ3v) is 3.50. The van der Waals surface area contributed by atoms with E-state index in [1.807, 2.05) is 23.1 Å². The number of anilines is 1. The van der Waals surface area contributed by atoms with Gasteiger partial charge in [0.25, 0.3) is 0 Å². The largest absolute Gasteiger partial charge is 0.356 e. The molecule has 0 aliphatic carbocycles. The highest BCUT2D eigenvalue weighted by Gasteiger charge is 2.21. The molecule has 1 saturated heterocycles. The molecule has 0 spiro atoms. The second-order valence-corrected chi connectivity index (χ2v) is 4.79. The van der Waals surface area contributed by atoms with Crippen LogP contribution in [-0.4, -0.2) is 33.1 Å². The van der Waals surface area contributed by atoms with E-state index in [4.69, 9.17) is 0 Å². The monoisotopic (exact) mass is 243 g/mol. The third kappa shape index (κ3) is 2.20. The summed E-state index contributed by atoms with van der Waals surface area (Å²) in [5.74, 6) is 1.09. The van der Waals surface area contributed by atoms with E-state index in [0.29, 0.717) is 6.04 Å². The Labute approximate surface area is 106 Å². The number of aromatic nitrogens is 4. The van der Waals surface area contributed by atoms with E-state index in [0.717, 1.165) is 31.7 Å². The highest BCUT2D eigenvalue weighted by Crippen LogP contribution is 2.24. The lowest BCUT2D eigenvalue weighted by Gasteiger charge is -2.32. The molecule has 0 N–H and O–H groups in total. The van der Waals surface area contributed by atoms with Crippen molar-refractivity contribution in [2.75, 3.05) is 18.0 Å². The van der Waals surface area contributed by atoms with Gasteiger partial charge in [0.15, 0.2) is 0 Å². The highest BCUT2D eigenvalue weighted by molar-refractivity contribution is 5.41. The quantitative estimate of drug-likeness (QED) is 0.807. The molecule has 3 rings (SSSR count). The second-order valence-electron chi connectivity index (χ2n) is 4.79. The van der Waals surface area contributed by atoms with Crippen molar-refractivity contribution in [1.82, 2.24) is 20.0 Å². The first-order valence-corrected chi connectivity index (χ1v) is 6.36. The third-order valence-electron chi connectivity index (χ3n) is 3.50. The molecule has 1 aliphatic rings. The molecule has 0 aromatic carbocycles. The Morgan fingerprint density at radius 3 is 2.72 bits per heavy atom. The summed E-state index contributed by atoms with van der Waals surface area (Å²) in [5, 5.41) is 7.96. The molecule has 0 saturated carbocycles. The summed E-state index contributed by atoms with van der Waals surface area (Å²) in [6.07, 6.45) is 7.77. The standard InChI is InChI=1S/C13H17N5/c1-11-2-5-14-13(10-11)17-7-3-12(4-8-17)18-9-6-15-16-18/h2,5-6,9-10,12H,3-4,7-8H2,1H3. The van der Waals surface area contributed by atoms with Crippen LogP contribution in [0.2, 0.25) is 0 Å². The predicted octanol–water partition coefficient (Wildman–Crippen LogP) is 1.82. The van der Waals surface area contributed by atoms with Gasteiger partial charge in [0, 0.05) is 25.5 Å². The van der Waals surface area contributed by atoms with Gasteiger partial charge in [0.05, 0.1) is 12.2 Å². The number of hydrogen-bond donors (Lipinski definition) is 0. The summed E-state index contributed by atoms with van der Waals surface area (Å²) in [6, 6.07) is 4.66. The lowest BCUT2D eigenvalue weighted by Crippen LogP contribution is -2.35. The van der Waals surface area contributed by atoms with Crippen LogP contribution in [0.1, 0.15) is 24.4 Å². The topological polar surface area (TPSA) is 46.8 Å². The molecule has 5 heteroatoms. The Balaban J connectivity index is 1.67. The van der Waals surface area contributed by atoms with E-state index in [9.17, 15) is 0 Å². The van der Waals surface area contributed by atoms with Crippen LogP contribution in [0, 0.1) is 6.92 Å². The summed E-state index contributed by atoms with van der Waals surface area (Å²) in [7, 11) is 0. The molecule has 2 aromatic heterocycles. The number of piperidine rings is 1. The second kappa shape index (κ2) is 4.76. The molecular weight excluding hydrogens is 226 g/mol. The zero-order valence-corrected chi connectivity index (χ0v) is 10.5. The summed E-state index contributed by atoms with van der Waals surface area (Å²) in [4.78, 5) is 6.79. The molecule has 94 valence electrons. The van der Waals surface area contributed by atoms with Crippen LogP contribution in [0.25, 0.3) is 0 Å². The van der Waals surface area contributed by atoms with Crippen LogP contribution in [0.3, 0.4) is 0 Å². The minimum Gasteiger partial charge on any atom is -0.356 e. The fourth-order valence-corrected chi connectivity index (χ4v) is 2.46. The summed E-state index contributed by atoms with van der Waals surface area (Å²) in [5.41, 5.74) is 1.26. The Hall–Kier alpha value is -1.91. The fraction of sp³-hybridized carbons (Fsp3) is 0.462. The number of rotatable bonds is 2. The van der Waals surface area contributed by atoms with Crippen LogP contribution in [-0.2, 0) is 0 Å². The summed E-state index contributed by atoms with van der Waals surface area (Å²) < 4.78 is 1.97. The minimum absolute atomic E-state index is 0.480. The molecular formula is C13H17N5. The van der Waals surface area contributed by atoms with Gasteiger partial charge in [-0.1, -0.05) is 5.21 Å². The van der Waals surface area contributed by atoms with Crippen LogP contribution in [0.5, 0.6) is 0 Å². The molecule has 1 aliphatic heterocycles. The van der Waals surface area contributed by atoms with Gasteiger partial charge in [-0.3, -0.25) is 0 Å². The van der Waals surface area contributed by atoms with Gasteiger partial charge in [0.2, 0.25) is 0 Å². The van der Waals surface area contributed by atoms with Crippen molar-refractivity contribution in [1.29, 1.82) is 0 Å². The van der Waals surface area contributed by atoms with Gasteiger partial charge < -0.3 is 4.90 Å². The van der Waals surface area contributed by atoms with Crippen LogP contribution < -0.4 is 4.90 Å². The highest BCUT2D eigenvalue weighted by atomic mass is 15.4. The van der Waals surface area contributed by atoms with Gasteiger partial charge in [-0.05, 0) is 37.5 Å². The van der Waals surface area contributed by atoms with E-state index in [1.165, 1.54) is 5.56 Å². The lowest BCUT2D eigenvalue weighted by atomic mass is 10.1. The number of hydrogen-bond acceptors (Lipinski definition) is 4. The maximum atomic E-state index is 4.44. The maximum Gasteiger partial charge on any atom is 0.128 e. The van der Waals surface area contributed by atoms with Crippen molar-refractivity contribution in [2.45, 2.75) is 25.8 Å². The number of pyridine rings is 1. The Kier molecular flexibility index (Phi) is 2.96. The van der Waals surface area contributed by atoms with Crippen molar-refractivity contribution in [3.8, 4) is 0 Å². The number of nitrogens with zero attached hydrogens (tertiary/aromatic N) is 5. The lowest BCUT2D eigenvalue weighted by molar-refractivity contribution is 0.359. The molecule has 0 radical (unpaired) electrons. The number of aryl methyl sites for hydroxylation is 1. The zero-order chi connectivity index (χ0) is 12.4. The van der Waals surface area contributed by atoms with Crippen LogP contribution >= 0.6 is 0 Å². The van der Waals surface area contributed by atoms with Gasteiger partial charge in [-0.2, -0.15) is 0 Å². The minimum atomic E-state index is 0.480. The molecule has 3 heterocycles. The zero-order valence-electron chi connectivity index (χ0n) is 10.5. The molecule has 0 atom stereocenters. The molecule has 18 heavy (non-hydrogen) atoms. The SMILES string of the molecule is Cc1ccnc(N2CCC(n3ccnn3)CC2)c1. The fourth-order valence-electron chi connectivity index (χ4n) is 2.46. The molecule has 2 aromatic rings. The molecule has 0 amide bonds. The first-order valence-electron chi connectivity index (χ1n) is 6.36. The van der Waals surface area contributed by atoms with Gasteiger partial charge in [-0.25, -0.2) is 9.67 Å². The smallest absolute Gasteiger partial charge is 0.128 e. The predicted molar refractivity (Wildman–Crippen MR) is 69.5 cm³/mol. The van der Waals surface area contributed by atoms with E-state index in [1.54, 1.807) is 6.20 Å². The van der Waals surface area contributed by atoms with Gasteiger partial charge >= 0.3 is 0 Å². The van der Waals surface area contributed by atoms with Gasteiger partial charge in [-0.15, -0.1) is 5.10 Å². The normalized spacial score (nSPS) is 17.1. The average molecular weight is 243 g/mol. The van der Waals surface area contributed by atoms with Crippen molar-refractivity contribution >= 4 is 5.82 Å². The Bertz CT molecular complexity index is 500. The van der Waals surface area contributed by atoms with E-state index >= 15 is 0 Å². The van der Waals surface area contributed by atoms with Crippen LogP contribution in [0.15, 0.2) is 30.7 Å². The van der Waals surface area contributed by atoms with Crippen molar-refractivity contribution < 1.29 is 0 Å². The summed E-state index contributed by atoms with van der Waals surface area (Å²) in [6.45, 7) is 4.16. The Morgan fingerprint density at radius 1 is 1.22 bits per heavy atom. The molecule has 0 bridgehead atoms. The van der Waals surface area contributed by atoms with E-state index < -0.39 is 0 Å².